The van der Waals surface area contributed by atoms with Gasteiger partial charge in [0.2, 0.25) is 12.7 Å². The molecule has 2 aromatic carbocycles. The number of rotatable bonds is 6. The molecule has 0 aliphatic carbocycles. The monoisotopic (exact) mass is 380 g/mol. The van der Waals surface area contributed by atoms with Gasteiger partial charge in [0.15, 0.2) is 23.0 Å². The molecule has 1 aliphatic heterocycles. The van der Waals surface area contributed by atoms with Crippen molar-refractivity contribution < 1.29 is 18.9 Å². The van der Waals surface area contributed by atoms with Gasteiger partial charge < -0.3 is 30.0 Å². The Morgan fingerprint density at radius 2 is 1.79 bits per heavy atom. The lowest BCUT2D eigenvalue weighted by Gasteiger charge is -2.11. The number of fused-ring (bicyclic) bond motifs is 1. The van der Waals surface area contributed by atoms with Gasteiger partial charge in [-0.1, -0.05) is 6.07 Å². The Morgan fingerprint density at radius 3 is 2.61 bits per heavy atom. The molecular weight excluding hydrogens is 360 g/mol. The quantitative estimate of drug-likeness (QED) is 0.673. The largest absolute Gasteiger partial charge is 0.493 e. The van der Waals surface area contributed by atoms with E-state index in [0.717, 1.165) is 22.6 Å². The molecule has 2 heterocycles. The molecule has 0 bridgehead atoms. The minimum absolute atomic E-state index is 0.181. The molecule has 0 spiro atoms. The number of methoxy groups -OCH3 is 2. The summed E-state index contributed by atoms with van der Waals surface area (Å²) >= 11 is 0. The number of anilines is 2. The van der Waals surface area contributed by atoms with Crippen LogP contribution in [0.15, 0.2) is 42.5 Å². The van der Waals surface area contributed by atoms with Crippen LogP contribution in [-0.2, 0) is 6.54 Å². The smallest absolute Gasteiger partial charge is 0.231 e. The lowest BCUT2D eigenvalue weighted by Crippen LogP contribution is -2.05. The Morgan fingerprint density at radius 1 is 0.964 bits per heavy atom. The van der Waals surface area contributed by atoms with E-state index in [-0.39, 0.29) is 12.7 Å². The van der Waals surface area contributed by atoms with Crippen LogP contribution in [0.4, 0.5) is 11.8 Å². The van der Waals surface area contributed by atoms with Crippen molar-refractivity contribution in [1.29, 1.82) is 0 Å². The van der Waals surface area contributed by atoms with Gasteiger partial charge in [0.25, 0.3) is 0 Å². The molecule has 0 unspecified atom stereocenters. The first-order valence-electron chi connectivity index (χ1n) is 8.65. The SMILES string of the molecule is COc1ccc(-c2cc(NCc3ccc4c(c3)OCO4)nc(N)n2)cc1OC. The first kappa shape index (κ1) is 17.7. The van der Waals surface area contributed by atoms with Crippen LogP contribution in [0.2, 0.25) is 0 Å². The van der Waals surface area contributed by atoms with Crippen molar-refractivity contribution in [2.24, 2.45) is 0 Å². The maximum Gasteiger partial charge on any atom is 0.231 e. The van der Waals surface area contributed by atoms with Gasteiger partial charge in [-0.15, -0.1) is 0 Å². The molecule has 1 aromatic heterocycles. The fourth-order valence-corrected chi connectivity index (χ4v) is 2.94. The second-order valence-corrected chi connectivity index (χ2v) is 6.11. The number of hydrogen-bond donors (Lipinski definition) is 2. The Bertz CT molecular complexity index is 1010. The van der Waals surface area contributed by atoms with E-state index in [0.29, 0.717) is 29.6 Å². The summed E-state index contributed by atoms with van der Waals surface area (Å²) in [6.07, 6.45) is 0. The molecule has 0 fully saturated rings. The molecule has 144 valence electrons. The average Bonchev–Trinajstić information content (AvgIpc) is 3.19. The van der Waals surface area contributed by atoms with E-state index in [1.165, 1.54) is 0 Å². The molecule has 0 atom stereocenters. The Hall–Kier alpha value is -3.68. The standard InChI is InChI=1S/C20H20N4O4/c1-25-15-6-4-13(8-17(15)26-2)14-9-19(24-20(21)23-14)22-10-12-3-5-16-18(7-12)28-11-27-16/h3-9H,10-11H2,1-2H3,(H3,21,22,23,24). The van der Waals surface area contributed by atoms with Gasteiger partial charge in [-0.3, -0.25) is 0 Å². The number of ether oxygens (including phenoxy) is 4. The predicted molar refractivity (Wildman–Crippen MR) is 105 cm³/mol. The van der Waals surface area contributed by atoms with Gasteiger partial charge in [0.05, 0.1) is 19.9 Å². The summed E-state index contributed by atoms with van der Waals surface area (Å²) in [5.41, 5.74) is 8.47. The van der Waals surface area contributed by atoms with E-state index in [4.69, 9.17) is 24.7 Å². The maximum atomic E-state index is 5.91. The van der Waals surface area contributed by atoms with Crippen LogP contribution in [0.5, 0.6) is 23.0 Å². The molecule has 0 radical (unpaired) electrons. The lowest BCUT2D eigenvalue weighted by atomic mass is 10.1. The average molecular weight is 380 g/mol. The van der Waals surface area contributed by atoms with Crippen LogP contribution in [0.1, 0.15) is 5.56 Å². The van der Waals surface area contributed by atoms with Crippen molar-refractivity contribution in [2.75, 3.05) is 32.1 Å². The Kier molecular flexibility index (Phi) is 4.76. The molecule has 4 rings (SSSR count). The zero-order valence-corrected chi connectivity index (χ0v) is 15.6. The lowest BCUT2D eigenvalue weighted by molar-refractivity contribution is 0.174. The highest BCUT2D eigenvalue weighted by Crippen LogP contribution is 2.34. The first-order chi connectivity index (χ1) is 13.7. The van der Waals surface area contributed by atoms with Crippen LogP contribution in [-0.4, -0.2) is 31.0 Å². The fraction of sp³-hybridized carbons (Fsp3) is 0.200. The third kappa shape index (κ3) is 3.57. The number of nitrogens with zero attached hydrogens (tertiary/aromatic N) is 2. The number of nitrogens with one attached hydrogen (secondary N) is 1. The molecule has 3 aromatic rings. The zero-order valence-electron chi connectivity index (χ0n) is 15.6. The fourth-order valence-electron chi connectivity index (χ4n) is 2.94. The third-order valence-corrected chi connectivity index (χ3v) is 4.33. The third-order valence-electron chi connectivity index (χ3n) is 4.33. The topological polar surface area (TPSA) is 101 Å². The predicted octanol–water partition coefficient (Wildman–Crippen LogP) is 3.08. The molecule has 0 amide bonds. The van der Waals surface area contributed by atoms with Crippen molar-refractivity contribution in [3.8, 4) is 34.3 Å². The number of nitrogen functional groups attached to an aromatic ring is 1. The van der Waals surface area contributed by atoms with Crippen molar-refractivity contribution in [3.05, 3.63) is 48.0 Å². The molecule has 1 aliphatic rings. The summed E-state index contributed by atoms with van der Waals surface area (Å²) in [5, 5.41) is 3.27. The van der Waals surface area contributed by atoms with E-state index in [9.17, 15) is 0 Å². The highest BCUT2D eigenvalue weighted by atomic mass is 16.7. The zero-order chi connectivity index (χ0) is 19.5. The minimum Gasteiger partial charge on any atom is -0.493 e. The maximum absolute atomic E-state index is 5.91. The van der Waals surface area contributed by atoms with Gasteiger partial charge in [0, 0.05) is 18.2 Å². The molecular formula is C20H20N4O4. The van der Waals surface area contributed by atoms with Gasteiger partial charge in [-0.25, -0.2) is 4.98 Å². The van der Waals surface area contributed by atoms with E-state index in [2.05, 4.69) is 15.3 Å². The number of benzene rings is 2. The molecule has 0 saturated carbocycles. The van der Waals surface area contributed by atoms with Crippen LogP contribution >= 0.6 is 0 Å². The van der Waals surface area contributed by atoms with Crippen LogP contribution in [0.3, 0.4) is 0 Å². The van der Waals surface area contributed by atoms with E-state index in [1.54, 1.807) is 14.2 Å². The van der Waals surface area contributed by atoms with Crippen molar-refractivity contribution >= 4 is 11.8 Å². The second-order valence-electron chi connectivity index (χ2n) is 6.11. The van der Waals surface area contributed by atoms with Crippen LogP contribution < -0.4 is 30.0 Å². The normalized spacial score (nSPS) is 11.9. The van der Waals surface area contributed by atoms with Crippen LogP contribution in [0, 0.1) is 0 Å². The summed E-state index contributed by atoms with van der Waals surface area (Å²) in [5.74, 6) is 3.56. The molecule has 3 N–H and O–H groups in total. The van der Waals surface area contributed by atoms with Crippen molar-refractivity contribution in [2.45, 2.75) is 6.54 Å². The summed E-state index contributed by atoms with van der Waals surface area (Å²) < 4.78 is 21.4. The minimum atomic E-state index is 0.181. The van der Waals surface area contributed by atoms with Crippen LogP contribution in [0.25, 0.3) is 11.3 Å². The Labute approximate surface area is 162 Å². The van der Waals surface area contributed by atoms with E-state index >= 15 is 0 Å². The highest BCUT2D eigenvalue weighted by molar-refractivity contribution is 5.67. The number of hydrogen-bond acceptors (Lipinski definition) is 8. The summed E-state index contributed by atoms with van der Waals surface area (Å²) in [6.45, 7) is 0.807. The van der Waals surface area contributed by atoms with Gasteiger partial charge in [-0.2, -0.15) is 4.98 Å². The number of aromatic nitrogens is 2. The molecule has 8 nitrogen and oxygen atoms in total. The second kappa shape index (κ2) is 7.51. The van der Waals surface area contributed by atoms with E-state index in [1.807, 2.05) is 42.5 Å². The molecule has 0 saturated heterocycles. The molecule has 28 heavy (non-hydrogen) atoms. The number of nitrogens with two attached hydrogens (primary N) is 1. The summed E-state index contributed by atoms with van der Waals surface area (Å²) in [6, 6.07) is 13.2. The summed E-state index contributed by atoms with van der Waals surface area (Å²) in [7, 11) is 3.19. The molecule has 8 heteroatoms. The van der Waals surface area contributed by atoms with Crippen molar-refractivity contribution in [3.63, 3.8) is 0 Å². The van der Waals surface area contributed by atoms with Gasteiger partial charge >= 0.3 is 0 Å². The first-order valence-corrected chi connectivity index (χ1v) is 8.65. The van der Waals surface area contributed by atoms with Gasteiger partial charge in [0.1, 0.15) is 5.82 Å². The van der Waals surface area contributed by atoms with Crippen molar-refractivity contribution in [1.82, 2.24) is 9.97 Å². The highest BCUT2D eigenvalue weighted by Gasteiger charge is 2.13. The Balaban J connectivity index is 1.55. The summed E-state index contributed by atoms with van der Waals surface area (Å²) in [4.78, 5) is 8.60. The van der Waals surface area contributed by atoms with E-state index < -0.39 is 0 Å². The van der Waals surface area contributed by atoms with Gasteiger partial charge in [-0.05, 0) is 35.9 Å².